The lowest BCUT2D eigenvalue weighted by atomic mass is 10.2. The predicted molar refractivity (Wildman–Crippen MR) is 82.5 cm³/mol. The number of hydrogen-bond acceptors (Lipinski definition) is 6. The second kappa shape index (κ2) is 6.71. The molecule has 0 unspecified atom stereocenters. The molecule has 0 saturated carbocycles. The van der Waals surface area contributed by atoms with Gasteiger partial charge in [-0.25, -0.2) is 4.98 Å². The SMILES string of the molecule is CCOC(=O)Cc1csc(NCc2c(C)nn(C)c2C)n1. The van der Waals surface area contributed by atoms with Crippen LogP contribution in [0.25, 0.3) is 0 Å². The number of anilines is 1. The van der Waals surface area contributed by atoms with E-state index in [4.69, 9.17) is 4.74 Å². The largest absolute Gasteiger partial charge is 0.466 e. The molecule has 2 aromatic rings. The quantitative estimate of drug-likeness (QED) is 0.829. The molecular formula is C14H20N4O2S. The summed E-state index contributed by atoms with van der Waals surface area (Å²) in [5.41, 5.74) is 4.08. The van der Waals surface area contributed by atoms with Crippen molar-refractivity contribution >= 4 is 22.4 Å². The van der Waals surface area contributed by atoms with Crippen molar-refractivity contribution in [2.75, 3.05) is 11.9 Å². The molecule has 0 radical (unpaired) electrons. The summed E-state index contributed by atoms with van der Waals surface area (Å²) in [6.07, 6.45) is 0.219. The highest BCUT2D eigenvalue weighted by Gasteiger charge is 2.11. The molecule has 0 saturated heterocycles. The molecule has 0 bridgehead atoms. The van der Waals surface area contributed by atoms with Crippen molar-refractivity contribution in [3.05, 3.63) is 28.0 Å². The zero-order chi connectivity index (χ0) is 15.4. The first-order valence-electron chi connectivity index (χ1n) is 6.84. The lowest BCUT2D eigenvalue weighted by molar-refractivity contribution is -0.142. The average Bonchev–Trinajstić information content (AvgIpc) is 2.95. The third-order valence-electron chi connectivity index (χ3n) is 3.26. The van der Waals surface area contributed by atoms with E-state index >= 15 is 0 Å². The van der Waals surface area contributed by atoms with Gasteiger partial charge in [-0.3, -0.25) is 9.48 Å². The first-order chi connectivity index (χ1) is 10.0. The maximum Gasteiger partial charge on any atom is 0.311 e. The van der Waals surface area contributed by atoms with Crippen molar-refractivity contribution in [2.45, 2.75) is 33.7 Å². The second-order valence-corrected chi connectivity index (χ2v) is 5.61. The number of carbonyl (C=O) groups excluding carboxylic acids is 1. The molecule has 1 N–H and O–H groups in total. The molecule has 0 fully saturated rings. The Bertz CT molecular complexity index is 633. The smallest absolute Gasteiger partial charge is 0.311 e. The summed E-state index contributed by atoms with van der Waals surface area (Å²) in [7, 11) is 1.94. The van der Waals surface area contributed by atoms with Gasteiger partial charge in [0.2, 0.25) is 0 Å². The Balaban J connectivity index is 1.95. The van der Waals surface area contributed by atoms with Crippen LogP contribution >= 0.6 is 11.3 Å². The van der Waals surface area contributed by atoms with Gasteiger partial charge in [-0.1, -0.05) is 0 Å². The zero-order valence-corrected chi connectivity index (χ0v) is 13.6. The molecule has 0 atom stereocenters. The van der Waals surface area contributed by atoms with E-state index in [0.717, 1.165) is 22.2 Å². The first-order valence-corrected chi connectivity index (χ1v) is 7.72. The van der Waals surface area contributed by atoms with Gasteiger partial charge >= 0.3 is 5.97 Å². The fourth-order valence-electron chi connectivity index (χ4n) is 2.07. The van der Waals surface area contributed by atoms with Crippen LogP contribution in [0, 0.1) is 13.8 Å². The van der Waals surface area contributed by atoms with E-state index in [1.165, 1.54) is 16.9 Å². The van der Waals surface area contributed by atoms with E-state index in [9.17, 15) is 4.79 Å². The topological polar surface area (TPSA) is 69.0 Å². The van der Waals surface area contributed by atoms with Crippen LogP contribution < -0.4 is 5.32 Å². The van der Waals surface area contributed by atoms with Crippen LogP contribution in [0.5, 0.6) is 0 Å². The van der Waals surface area contributed by atoms with Crippen LogP contribution in [0.1, 0.15) is 29.6 Å². The van der Waals surface area contributed by atoms with E-state index in [1.54, 1.807) is 6.92 Å². The highest BCUT2D eigenvalue weighted by Crippen LogP contribution is 2.19. The molecule has 0 aliphatic rings. The Kier molecular flexibility index (Phi) is 4.95. The standard InChI is InChI=1S/C14H20N4O2S/c1-5-20-13(19)6-11-8-21-14(16-11)15-7-12-9(2)17-18(4)10(12)3/h8H,5-7H2,1-4H3,(H,15,16). The van der Waals surface area contributed by atoms with Crippen LogP contribution in [0.4, 0.5) is 5.13 Å². The van der Waals surface area contributed by atoms with Crippen molar-refractivity contribution in [1.29, 1.82) is 0 Å². The number of rotatable bonds is 6. The van der Waals surface area contributed by atoms with Crippen molar-refractivity contribution in [3.63, 3.8) is 0 Å². The number of hydrogen-bond donors (Lipinski definition) is 1. The number of aromatic nitrogens is 3. The van der Waals surface area contributed by atoms with E-state index in [0.29, 0.717) is 13.2 Å². The minimum Gasteiger partial charge on any atom is -0.466 e. The van der Waals surface area contributed by atoms with Crippen molar-refractivity contribution in [2.24, 2.45) is 7.05 Å². The average molecular weight is 308 g/mol. The number of aryl methyl sites for hydroxylation is 2. The number of carbonyl (C=O) groups is 1. The monoisotopic (exact) mass is 308 g/mol. The number of thiazole rings is 1. The molecule has 0 aliphatic carbocycles. The minimum absolute atomic E-state index is 0.219. The van der Waals surface area contributed by atoms with Crippen LogP contribution in [0.3, 0.4) is 0 Å². The summed E-state index contributed by atoms with van der Waals surface area (Å²) < 4.78 is 6.79. The van der Waals surface area contributed by atoms with Crippen LogP contribution in [-0.2, 0) is 29.5 Å². The fraction of sp³-hybridized carbons (Fsp3) is 0.500. The highest BCUT2D eigenvalue weighted by atomic mass is 32.1. The molecule has 2 rings (SSSR count). The van der Waals surface area contributed by atoms with Gasteiger partial charge in [0.05, 0.1) is 24.4 Å². The molecule has 7 heteroatoms. The second-order valence-electron chi connectivity index (χ2n) is 4.75. The van der Waals surface area contributed by atoms with E-state index in [-0.39, 0.29) is 12.4 Å². The molecule has 114 valence electrons. The molecule has 0 spiro atoms. The normalized spacial score (nSPS) is 10.7. The number of ether oxygens (including phenoxy) is 1. The molecule has 2 aromatic heterocycles. The zero-order valence-electron chi connectivity index (χ0n) is 12.8. The van der Waals surface area contributed by atoms with Gasteiger partial charge in [-0.05, 0) is 20.8 Å². The highest BCUT2D eigenvalue weighted by molar-refractivity contribution is 7.13. The first kappa shape index (κ1) is 15.5. The molecule has 6 nitrogen and oxygen atoms in total. The summed E-state index contributed by atoms with van der Waals surface area (Å²) in [4.78, 5) is 15.8. The number of nitrogens with one attached hydrogen (secondary N) is 1. The minimum atomic E-state index is -0.242. The predicted octanol–water partition coefficient (Wildman–Crippen LogP) is 2.21. The van der Waals surface area contributed by atoms with Gasteiger partial charge in [-0.15, -0.1) is 11.3 Å². The Morgan fingerprint density at radius 1 is 1.48 bits per heavy atom. The van der Waals surface area contributed by atoms with E-state index in [2.05, 4.69) is 15.4 Å². The Labute approximate surface area is 128 Å². The van der Waals surface area contributed by atoms with Crippen molar-refractivity contribution in [3.8, 4) is 0 Å². The van der Waals surface area contributed by atoms with Gasteiger partial charge in [0.25, 0.3) is 0 Å². The Morgan fingerprint density at radius 2 is 2.24 bits per heavy atom. The summed E-state index contributed by atoms with van der Waals surface area (Å²) in [5.74, 6) is -0.242. The maximum absolute atomic E-state index is 11.4. The number of nitrogens with zero attached hydrogens (tertiary/aromatic N) is 3. The van der Waals surface area contributed by atoms with Gasteiger partial charge in [0.15, 0.2) is 5.13 Å². The van der Waals surface area contributed by atoms with Crippen LogP contribution in [0.2, 0.25) is 0 Å². The Hall–Kier alpha value is -1.89. The third kappa shape index (κ3) is 3.81. The third-order valence-corrected chi connectivity index (χ3v) is 4.11. The van der Waals surface area contributed by atoms with Crippen LogP contribution in [0.15, 0.2) is 5.38 Å². The summed E-state index contributed by atoms with van der Waals surface area (Å²) in [6, 6.07) is 0. The van der Waals surface area contributed by atoms with Crippen molar-refractivity contribution < 1.29 is 9.53 Å². The van der Waals surface area contributed by atoms with Crippen LogP contribution in [-0.4, -0.2) is 27.3 Å². The molecule has 0 aliphatic heterocycles. The van der Waals surface area contributed by atoms with Gasteiger partial charge in [-0.2, -0.15) is 5.10 Å². The van der Waals surface area contributed by atoms with E-state index in [1.807, 2.05) is 31.0 Å². The molecular weight excluding hydrogens is 288 g/mol. The molecule has 2 heterocycles. The summed E-state index contributed by atoms with van der Waals surface area (Å²) in [5, 5.41) is 10.3. The van der Waals surface area contributed by atoms with E-state index < -0.39 is 0 Å². The summed E-state index contributed by atoms with van der Waals surface area (Å²) >= 11 is 1.49. The van der Waals surface area contributed by atoms with Gasteiger partial charge < -0.3 is 10.1 Å². The fourth-order valence-corrected chi connectivity index (χ4v) is 2.78. The van der Waals surface area contributed by atoms with Gasteiger partial charge in [0.1, 0.15) is 0 Å². The number of esters is 1. The molecule has 0 aromatic carbocycles. The molecule has 0 amide bonds. The van der Waals surface area contributed by atoms with Crippen molar-refractivity contribution in [1.82, 2.24) is 14.8 Å². The molecule has 21 heavy (non-hydrogen) atoms. The Morgan fingerprint density at radius 3 is 2.86 bits per heavy atom. The lowest BCUT2D eigenvalue weighted by Gasteiger charge is -2.03. The van der Waals surface area contributed by atoms with Gasteiger partial charge in [0, 0.05) is 30.2 Å². The maximum atomic E-state index is 11.4. The lowest BCUT2D eigenvalue weighted by Crippen LogP contribution is -2.08. The summed E-state index contributed by atoms with van der Waals surface area (Å²) in [6.45, 7) is 6.92.